The van der Waals surface area contributed by atoms with E-state index in [2.05, 4.69) is 0 Å². The Hall–Kier alpha value is -1.18. The largest absolute Gasteiger partial charge is 0.481 e. The molecule has 0 bridgehead atoms. The van der Waals surface area contributed by atoms with Crippen LogP contribution in [0, 0.1) is 9.39 Å². The smallest absolute Gasteiger partial charge is 0.305 e. The van der Waals surface area contributed by atoms with Gasteiger partial charge in [0.2, 0.25) is 0 Å². The summed E-state index contributed by atoms with van der Waals surface area (Å²) in [7, 11) is 1.45. The van der Waals surface area contributed by atoms with Crippen molar-refractivity contribution in [1.29, 1.82) is 0 Å². The van der Waals surface area contributed by atoms with Crippen LogP contribution >= 0.6 is 22.6 Å². The normalized spacial score (nSPS) is 10.1. The first-order chi connectivity index (χ1) is 7.93. The van der Waals surface area contributed by atoms with Crippen LogP contribution in [0.3, 0.4) is 0 Å². The zero-order chi connectivity index (χ0) is 13.0. The Morgan fingerprint density at radius 1 is 1.47 bits per heavy atom. The maximum absolute atomic E-state index is 13.5. The highest BCUT2D eigenvalue weighted by atomic mass is 127. The van der Waals surface area contributed by atoms with E-state index in [0.717, 1.165) is 0 Å². The second-order valence-electron chi connectivity index (χ2n) is 3.47. The fraction of sp³-hybridized carbons (Fsp3) is 0.273. The molecule has 6 heteroatoms. The first-order valence-corrected chi connectivity index (χ1v) is 5.92. The second kappa shape index (κ2) is 5.95. The van der Waals surface area contributed by atoms with Gasteiger partial charge in [-0.2, -0.15) is 0 Å². The van der Waals surface area contributed by atoms with Crippen molar-refractivity contribution in [3.63, 3.8) is 0 Å². The molecule has 92 valence electrons. The maximum atomic E-state index is 13.5. The SMILES string of the molecule is CN(CCC(=O)O)C(=O)c1c(F)cccc1I. The van der Waals surface area contributed by atoms with Gasteiger partial charge in [0.25, 0.3) is 5.91 Å². The van der Waals surface area contributed by atoms with E-state index in [1.54, 1.807) is 6.07 Å². The Bertz CT molecular complexity index is 430. The molecule has 0 saturated heterocycles. The van der Waals surface area contributed by atoms with Crippen molar-refractivity contribution in [3.8, 4) is 0 Å². The Morgan fingerprint density at radius 3 is 2.65 bits per heavy atom. The Kier molecular flexibility index (Phi) is 4.86. The summed E-state index contributed by atoms with van der Waals surface area (Å²) in [4.78, 5) is 23.5. The predicted molar refractivity (Wildman–Crippen MR) is 68.3 cm³/mol. The second-order valence-corrected chi connectivity index (χ2v) is 4.63. The molecule has 0 spiro atoms. The number of nitrogens with zero attached hydrogens (tertiary/aromatic N) is 1. The van der Waals surface area contributed by atoms with Gasteiger partial charge in [-0.25, -0.2) is 4.39 Å². The molecular formula is C11H11FINO3. The number of amides is 1. The topological polar surface area (TPSA) is 57.6 Å². The van der Waals surface area contributed by atoms with Crippen LogP contribution in [0.15, 0.2) is 18.2 Å². The third kappa shape index (κ3) is 3.65. The minimum absolute atomic E-state index is 0.0130. The number of hydrogen-bond acceptors (Lipinski definition) is 2. The molecule has 0 unspecified atom stereocenters. The molecule has 0 aliphatic heterocycles. The zero-order valence-electron chi connectivity index (χ0n) is 9.11. The van der Waals surface area contributed by atoms with Gasteiger partial charge in [-0.05, 0) is 34.7 Å². The summed E-state index contributed by atoms with van der Waals surface area (Å²) in [6.07, 6.45) is -0.159. The van der Waals surface area contributed by atoms with Crippen molar-refractivity contribution < 1.29 is 19.1 Å². The van der Waals surface area contributed by atoms with Gasteiger partial charge >= 0.3 is 5.97 Å². The third-order valence-electron chi connectivity index (χ3n) is 2.18. The van der Waals surface area contributed by atoms with Gasteiger partial charge in [-0.3, -0.25) is 9.59 Å². The lowest BCUT2D eigenvalue weighted by molar-refractivity contribution is -0.137. The number of benzene rings is 1. The van der Waals surface area contributed by atoms with Crippen LogP contribution in [-0.2, 0) is 4.79 Å². The van der Waals surface area contributed by atoms with Gasteiger partial charge < -0.3 is 10.0 Å². The number of carboxylic acids is 1. The van der Waals surface area contributed by atoms with Crippen molar-refractivity contribution in [1.82, 2.24) is 4.90 Å². The predicted octanol–water partition coefficient (Wildman–Crippen LogP) is 1.98. The van der Waals surface area contributed by atoms with E-state index >= 15 is 0 Å². The summed E-state index contributed by atoms with van der Waals surface area (Å²) >= 11 is 1.87. The van der Waals surface area contributed by atoms with E-state index in [0.29, 0.717) is 3.57 Å². The van der Waals surface area contributed by atoms with Gasteiger partial charge in [0, 0.05) is 17.2 Å². The summed E-state index contributed by atoms with van der Waals surface area (Å²) in [6.45, 7) is 0.0541. The number of carboxylic acid groups (broad SMARTS) is 1. The first-order valence-electron chi connectivity index (χ1n) is 4.84. The number of carbonyl (C=O) groups is 2. The van der Waals surface area contributed by atoms with Gasteiger partial charge in [0.05, 0.1) is 12.0 Å². The highest BCUT2D eigenvalue weighted by Crippen LogP contribution is 2.17. The molecule has 1 aromatic rings. The fourth-order valence-electron chi connectivity index (χ4n) is 1.26. The summed E-state index contributed by atoms with van der Waals surface area (Å²) < 4.78 is 14.0. The van der Waals surface area contributed by atoms with Crippen LogP contribution in [0.4, 0.5) is 4.39 Å². The fourth-order valence-corrected chi connectivity index (χ4v) is 1.95. The van der Waals surface area contributed by atoms with E-state index in [9.17, 15) is 14.0 Å². The Balaban J connectivity index is 2.85. The lowest BCUT2D eigenvalue weighted by Gasteiger charge is -2.17. The van der Waals surface area contributed by atoms with Gasteiger partial charge in [-0.15, -0.1) is 0 Å². The molecule has 1 rings (SSSR count). The van der Waals surface area contributed by atoms with Crippen LogP contribution < -0.4 is 0 Å². The lowest BCUT2D eigenvalue weighted by Crippen LogP contribution is -2.30. The quantitative estimate of drug-likeness (QED) is 0.844. The number of hydrogen-bond donors (Lipinski definition) is 1. The van der Waals surface area contributed by atoms with Gasteiger partial charge in [0.1, 0.15) is 5.82 Å². The lowest BCUT2D eigenvalue weighted by atomic mass is 10.2. The van der Waals surface area contributed by atoms with E-state index < -0.39 is 17.7 Å². The van der Waals surface area contributed by atoms with E-state index in [1.165, 1.54) is 24.1 Å². The van der Waals surface area contributed by atoms with Gasteiger partial charge in [0.15, 0.2) is 0 Å². The average molecular weight is 351 g/mol. The molecule has 0 heterocycles. The summed E-state index contributed by atoms with van der Waals surface area (Å²) in [5.74, 6) is -2.09. The molecule has 0 aliphatic rings. The summed E-state index contributed by atoms with van der Waals surface area (Å²) in [6, 6.07) is 4.35. The molecule has 0 radical (unpaired) electrons. The van der Waals surface area contributed by atoms with Gasteiger partial charge in [-0.1, -0.05) is 6.07 Å². The Morgan fingerprint density at radius 2 is 2.12 bits per heavy atom. The summed E-state index contributed by atoms with van der Waals surface area (Å²) in [5.41, 5.74) is -0.0130. The minimum Gasteiger partial charge on any atom is -0.481 e. The van der Waals surface area contributed by atoms with Crippen LogP contribution in [-0.4, -0.2) is 35.5 Å². The highest BCUT2D eigenvalue weighted by molar-refractivity contribution is 14.1. The molecule has 0 aromatic heterocycles. The van der Waals surface area contributed by atoms with E-state index in [4.69, 9.17) is 5.11 Å². The number of aliphatic carboxylic acids is 1. The van der Waals surface area contributed by atoms with E-state index in [-0.39, 0.29) is 18.5 Å². The van der Waals surface area contributed by atoms with Crippen molar-refractivity contribution in [3.05, 3.63) is 33.1 Å². The molecule has 1 aromatic carbocycles. The zero-order valence-corrected chi connectivity index (χ0v) is 11.3. The average Bonchev–Trinajstić information content (AvgIpc) is 2.25. The number of rotatable bonds is 4. The van der Waals surface area contributed by atoms with Crippen LogP contribution in [0.25, 0.3) is 0 Å². The molecule has 0 saturated carbocycles. The van der Waals surface area contributed by atoms with Crippen molar-refractivity contribution in [2.24, 2.45) is 0 Å². The maximum Gasteiger partial charge on any atom is 0.305 e. The molecule has 0 fully saturated rings. The minimum atomic E-state index is -0.993. The molecule has 1 N–H and O–H groups in total. The monoisotopic (exact) mass is 351 g/mol. The first kappa shape index (κ1) is 13.9. The van der Waals surface area contributed by atoms with Crippen molar-refractivity contribution in [2.45, 2.75) is 6.42 Å². The van der Waals surface area contributed by atoms with Crippen molar-refractivity contribution in [2.75, 3.05) is 13.6 Å². The van der Waals surface area contributed by atoms with Crippen LogP contribution in [0.2, 0.25) is 0 Å². The Labute approximate surface area is 112 Å². The molecular weight excluding hydrogens is 340 g/mol. The number of halogens is 2. The molecule has 17 heavy (non-hydrogen) atoms. The van der Waals surface area contributed by atoms with E-state index in [1.807, 2.05) is 22.6 Å². The molecule has 0 atom stereocenters. The summed E-state index contributed by atoms with van der Waals surface area (Å²) in [5, 5.41) is 8.51. The van der Waals surface area contributed by atoms with Crippen LogP contribution in [0.1, 0.15) is 16.8 Å². The third-order valence-corrected chi connectivity index (χ3v) is 3.08. The molecule has 4 nitrogen and oxygen atoms in total. The molecule has 0 aliphatic carbocycles. The molecule has 1 amide bonds. The van der Waals surface area contributed by atoms with Crippen molar-refractivity contribution >= 4 is 34.5 Å². The number of carbonyl (C=O) groups excluding carboxylic acids is 1. The highest BCUT2D eigenvalue weighted by Gasteiger charge is 2.19. The van der Waals surface area contributed by atoms with Crippen LogP contribution in [0.5, 0.6) is 0 Å². The standard InChI is InChI=1S/C11H11FINO3/c1-14(6-5-9(15)16)11(17)10-7(12)3-2-4-8(10)13/h2-4H,5-6H2,1H3,(H,15,16).